The van der Waals surface area contributed by atoms with Gasteiger partial charge < -0.3 is 15.0 Å². The Kier molecular flexibility index (Phi) is 5.96. The zero-order valence-electron chi connectivity index (χ0n) is 15.4. The molecule has 0 bridgehead atoms. The van der Waals surface area contributed by atoms with Crippen molar-refractivity contribution in [3.63, 3.8) is 0 Å². The first-order chi connectivity index (χ1) is 12.7. The third-order valence-electron chi connectivity index (χ3n) is 4.47. The number of allylic oxidation sites excluding steroid dienone is 2. The lowest BCUT2D eigenvalue weighted by molar-refractivity contribution is 0.122. The number of hydrogen-bond acceptors (Lipinski definition) is 5. The normalized spacial score (nSPS) is 21.2. The number of nitrogens with one attached hydrogen (secondary N) is 1. The Bertz CT molecular complexity index is 768. The fourth-order valence-corrected chi connectivity index (χ4v) is 3.05. The highest BCUT2D eigenvalue weighted by Gasteiger charge is 2.17. The molecule has 0 spiro atoms. The summed E-state index contributed by atoms with van der Waals surface area (Å²) < 4.78 is 5.43. The Morgan fingerprint density at radius 1 is 1.23 bits per heavy atom. The lowest BCUT2D eigenvalue weighted by atomic mass is 10.1. The molecule has 1 N–H and O–H groups in total. The molecule has 0 atom stereocenters. The van der Waals surface area contributed by atoms with E-state index in [2.05, 4.69) is 57.1 Å². The van der Waals surface area contributed by atoms with Gasteiger partial charge in [0.2, 0.25) is 0 Å². The van der Waals surface area contributed by atoms with Crippen LogP contribution in [0.25, 0.3) is 0 Å². The number of benzene rings is 1. The summed E-state index contributed by atoms with van der Waals surface area (Å²) in [5.74, 6) is 0.638. The van der Waals surface area contributed by atoms with Crippen molar-refractivity contribution in [3.8, 4) is 0 Å². The highest BCUT2D eigenvalue weighted by molar-refractivity contribution is 6.45. The van der Waals surface area contributed by atoms with E-state index in [4.69, 9.17) is 9.73 Å². The molecule has 3 rings (SSSR count). The average molecular weight is 351 g/mol. The third kappa shape index (κ3) is 4.08. The van der Waals surface area contributed by atoms with E-state index >= 15 is 0 Å². The molecule has 6 nitrogen and oxygen atoms in total. The van der Waals surface area contributed by atoms with E-state index in [1.807, 2.05) is 7.05 Å². The first kappa shape index (κ1) is 18.1. The Morgan fingerprint density at radius 3 is 2.58 bits per heavy atom. The zero-order chi connectivity index (χ0) is 18.4. The van der Waals surface area contributed by atoms with Crippen LogP contribution in [-0.2, 0) is 4.74 Å². The van der Waals surface area contributed by atoms with Gasteiger partial charge in [-0.25, -0.2) is 4.99 Å². The molecule has 6 heteroatoms. The number of nitrogens with zero attached hydrogens (tertiary/aromatic N) is 4. The minimum absolute atomic E-state index is 0.638. The molecule has 0 saturated carbocycles. The van der Waals surface area contributed by atoms with E-state index in [1.165, 1.54) is 11.9 Å². The van der Waals surface area contributed by atoms with Crippen molar-refractivity contribution in [1.29, 1.82) is 0 Å². The van der Waals surface area contributed by atoms with E-state index in [-0.39, 0.29) is 0 Å². The minimum Gasteiger partial charge on any atom is -0.391 e. The lowest BCUT2D eigenvalue weighted by Gasteiger charge is -2.28. The summed E-state index contributed by atoms with van der Waals surface area (Å²) in [5.41, 5.74) is 4.99. The van der Waals surface area contributed by atoms with Crippen LogP contribution >= 0.6 is 0 Å². The number of rotatable bonds is 4. The smallest absolute Gasteiger partial charge is 0.169 e. The molecule has 2 aliphatic heterocycles. The largest absolute Gasteiger partial charge is 0.391 e. The number of ether oxygens (including phenoxy) is 1. The van der Waals surface area contributed by atoms with Crippen LogP contribution in [0.4, 0.5) is 5.69 Å². The van der Waals surface area contributed by atoms with Crippen LogP contribution in [0.15, 0.2) is 63.8 Å². The van der Waals surface area contributed by atoms with Crippen molar-refractivity contribution in [1.82, 2.24) is 5.32 Å². The minimum atomic E-state index is 0.638. The van der Waals surface area contributed by atoms with Crippen LogP contribution in [0.2, 0.25) is 0 Å². The first-order valence-corrected chi connectivity index (χ1v) is 8.80. The van der Waals surface area contributed by atoms with Crippen LogP contribution < -0.4 is 10.2 Å². The van der Waals surface area contributed by atoms with Crippen LogP contribution in [0.5, 0.6) is 0 Å². The van der Waals surface area contributed by atoms with E-state index in [0.717, 1.165) is 49.0 Å². The second-order valence-electron chi connectivity index (χ2n) is 6.05. The van der Waals surface area contributed by atoms with Gasteiger partial charge >= 0.3 is 0 Å². The number of hydrogen-bond donors (Lipinski definition) is 1. The average Bonchev–Trinajstić information content (AvgIpc) is 2.88. The fourth-order valence-electron chi connectivity index (χ4n) is 3.05. The van der Waals surface area contributed by atoms with Gasteiger partial charge in [0.25, 0.3) is 0 Å². The quantitative estimate of drug-likeness (QED) is 0.906. The molecule has 26 heavy (non-hydrogen) atoms. The summed E-state index contributed by atoms with van der Waals surface area (Å²) in [7, 11) is 3.64. The Morgan fingerprint density at radius 2 is 1.96 bits per heavy atom. The lowest BCUT2D eigenvalue weighted by Crippen LogP contribution is -2.36. The van der Waals surface area contributed by atoms with Gasteiger partial charge in [-0.3, -0.25) is 9.98 Å². The van der Waals surface area contributed by atoms with Crippen LogP contribution in [-0.4, -0.2) is 57.7 Å². The van der Waals surface area contributed by atoms with Gasteiger partial charge in [0.05, 0.1) is 24.6 Å². The fraction of sp³-hybridized carbons (Fsp3) is 0.350. The second kappa shape index (κ2) is 8.58. The van der Waals surface area contributed by atoms with Crippen molar-refractivity contribution in [3.05, 3.63) is 54.4 Å². The van der Waals surface area contributed by atoms with Crippen molar-refractivity contribution >= 4 is 22.9 Å². The molecular weight excluding hydrogens is 326 g/mol. The SMILES string of the molecule is C=CN=C1CC(NC)=CC(c2ccc(N3CCOCC3)cc2)=NC1=NC. The second-order valence-corrected chi connectivity index (χ2v) is 6.05. The van der Waals surface area contributed by atoms with E-state index in [0.29, 0.717) is 12.3 Å². The highest BCUT2D eigenvalue weighted by atomic mass is 16.5. The molecule has 1 aromatic rings. The van der Waals surface area contributed by atoms with Crippen LogP contribution in [0.1, 0.15) is 12.0 Å². The summed E-state index contributed by atoms with van der Waals surface area (Å²) in [6.45, 7) is 7.11. The summed E-state index contributed by atoms with van der Waals surface area (Å²) in [5, 5.41) is 3.23. The molecule has 1 aromatic carbocycles. The zero-order valence-corrected chi connectivity index (χ0v) is 15.4. The molecule has 0 amide bonds. The van der Waals surface area contributed by atoms with E-state index in [1.54, 1.807) is 7.05 Å². The van der Waals surface area contributed by atoms with Crippen molar-refractivity contribution in [2.75, 3.05) is 45.3 Å². The summed E-state index contributed by atoms with van der Waals surface area (Å²) in [6, 6.07) is 8.50. The molecule has 0 aliphatic carbocycles. The Balaban J connectivity index is 1.92. The van der Waals surface area contributed by atoms with Crippen molar-refractivity contribution in [2.45, 2.75) is 6.42 Å². The summed E-state index contributed by atoms with van der Waals surface area (Å²) in [4.78, 5) is 15.7. The van der Waals surface area contributed by atoms with Crippen LogP contribution in [0.3, 0.4) is 0 Å². The molecule has 136 valence electrons. The summed E-state index contributed by atoms with van der Waals surface area (Å²) in [6.07, 6.45) is 4.24. The van der Waals surface area contributed by atoms with Gasteiger partial charge in [0.15, 0.2) is 5.84 Å². The van der Waals surface area contributed by atoms with Gasteiger partial charge in [0, 0.05) is 56.8 Å². The predicted octanol–water partition coefficient (Wildman–Crippen LogP) is 2.43. The van der Waals surface area contributed by atoms with Crippen molar-refractivity contribution < 1.29 is 4.74 Å². The summed E-state index contributed by atoms with van der Waals surface area (Å²) >= 11 is 0. The molecule has 2 aliphatic rings. The molecule has 0 aromatic heterocycles. The van der Waals surface area contributed by atoms with Crippen molar-refractivity contribution in [2.24, 2.45) is 15.0 Å². The molecule has 0 unspecified atom stereocenters. The van der Waals surface area contributed by atoms with Crippen LogP contribution in [0, 0.1) is 0 Å². The maximum absolute atomic E-state index is 5.43. The Hall–Kier alpha value is -2.73. The number of amidine groups is 1. The van der Waals surface area contributed by atoms with Gasteiger partial charge in [-0.2, -0.15) is 0 Å². The molecule has 2 heterocycles. The number of morpholine rings is 1. The van der Waals surface area contributed by atoms with Gasteiger partial charge in [0.1, 0.15) is 0 Å². The number of aliphatic imine (C=N–C) groups is 3. The molecule has 0 radical (unpaired) electrons. The maximum Gasteiger partial charge on any atom is 0.169 e. The molecule has 1 saturated heterocycles. The number of anilines is 1. The first-order valence-electron chi connectivity index (χ1n) is 8.80. The van der Waals surface area contributed by atoms with Gasteiger partial charge in [-0.05, 0) is 18.2 Å². The predicted molar refractivity (Wildman–Crippen MR) is 109 cm³/mol. The third-order valence-corrected chi connectivity index (χ3v) is 4.47. The monoisotopic (exact) mass is 351 g/mol. The van der Waals surface area contributed by atoms with E-state index in [9.17, 15) is 0 Å². The molecular formula is C20H25N5O. The van der Waals surface area contributed by atoms with Gasteiger partial charge in [-0.15, -0.1) is 0 Å². The maximum atomic E-state index is 5.43. The molecule has 1 fully saturated rings. The topological polar surface area (TPSA) is 61.6 Å². The Labute approximate surface area is 154 Å². The van der Waals surface area contributed by atoms with Gasteiger partial charge in [-0.1, -0.05) is 18.7 Å². The standard InChI is InChI=1S/C20H25N5O/c1-4-23-19-14-16(21-2)13-18(24-20(19)22-3)15-5-7-17(8-6-15)25-9-11-26-12-10-25/h4-8,13,21H,1,9-12,14H2,2-3H3. The van der Waals surface area contributed by atoms with E-state index < -0.39 is 0 Å². The highest BCUT2D eigenvalue weighted by Crippen LogP contribution is 2.19.